The molecule has 0 unspecified atom stereocenters. The molecule has 3 nitrogen and oxygen atoms in total. The number of nitrogens with zero attached hydrogens (tertiary/aromatic N) is 1. The molecule has 0 amide bonds. The van der Waals surface area contributed by atoms with Crippen LogP contribution in [0.1, 0.15) is 5.56 Å². The van der Waals surface area contributed by atoms with Crippen LogP contribution in [0.3, 0.4) is 0 Å². The molecule has 0 heterocycles. The van der Waals surface area contributed by atoms with E-state index in [9.17, 15) is 5.26 Å². The van der Waals surface area contributed by atoms with Crippen molar-refractivity contribution in [2.45, 2.75) is 0 Å². The second-order valence-electron chi connectivity index (χ2n) is 5.24. The van der Waals surface area contributed by atoms with Crippen LogP contribution in [0.15, 0.2) is 66.7 Å². The lowest BCUT2D eigenvalue weighted by Gasteiger charge is -2.14. The molecule has 0 fully saturated rings. The molecule has 0 N–H and O–H groups in total. The van der Waals surface area contributed by atoms with Crippen LogP contribution in [0.2, 0.25) is 0 Å². The average molecular weight is 315 g/mol. The fourth-order valence-corrected chi connectivity index (χ4v) is 2.86. The van der Waals surface area contributed by atoms with E-state index in [1.54, 1.807) is 14.2 Å². The van der Waals surface area contributed by atoms with E-state index in [1.165, 1.54) is 0 Å². The van der Waals surface area contributed by atoms with Crippen molar-refractivity contribution in [1.29, 1.82) is 5.26 Å². The van der Waals surface area contributed by atoms with Gasteiger partial charge in [0, 0.05) is 22.3 Å². The minimum atomic E-state index is 0.603. The first-order valence-corrected chi connectivity index (χ1v) is 7.60. The molecule has 0 aliphatic rings. The summed E-state index contributed by atoms with van der Waals surface area (Å²) in [6.07, 6.45) is 0. The molecule has 3 heteroatoms. The summed E-state index contributed by atoms with van der Waals surface area (Å²) in [6.45, 7) is 0. The van der Waals surface area contributed by atoms with Crippen molar-refractivity contribution in [3.8, 4) is 39.8 Å². The third-order valence-corrected chi connectivity index (χ3v) is 3.97. The normalized spacial score (nSPS) is 10.0. The van der Waals surface area contributed by atoms with E-state index < -0.39 is 0 Å². The second-order valence-corrected chi connectivity index (χ2v) is 5.24. The van der Waals surface area contributed by atoms with Gasteiger partial charge in [0.05, 0.1) is 19.8 Å². The molecule has 0 spiro atoms. The summed E-state index contributed by atoms with van der Waals surface area (Å²) in [7, 11) is 3.27. The number of rotatable bonds is 4. The summed E-state index contributed by atoms with van der Waals surface area (Å²) in [5.74, 6) is 1.48. The summed E-state index contributed by atoms with van der Waals surface area (Å²) < 4.78 is 10.9. The molecule has 0 saturated carbocycles. The molecule has 24 heavy (non-hydrogen) atoms. The molecule has 3 rings (SSSR count). The van der Waals surface area contributed by atoms with Gasteiger partial charge in [0.25, 0.3) is 0 Å². The Morgan fingerprint density at radius 1 is 0.625 bits per heavy atom. The Balaban J connectivity index is 2.27. The maximum absolute atomic E-state index is 9.82. The molecule has 0 aliphatic carbocycles. The highest BCUT2D eigenvalue weighted by atomic mass is 16.5. The summed E-state index contributed by atoms with van der Waals surface area (Å²) >= 11 is 0. The molecule has 0 aromatic heterocycles. The van der Waals surface area contributed by atoms with E-state index >= 15 is 0 Å². The topological polar surface area (TPSA) is 42.2 Å². The fourth-order valence-electron chi connectivity index (χ4n) is 2.86. The number of hydrogen-bond donors (Lipinski definition) is 0. The molecule has 0 saturated heterocycles. The maximum atomic E-state index is 9.82. The third kappa shape index (κ3) is 2.70. The van der Waals surface area contributed by atoms with Crippen molar-refractivity contribution in [2.75, 3.05) is 14.2 Å². The van der Waals surface area contributed by atoms with Crippen molar-refractivity contribution in [3.05, 3.63) is 72.3 Å². The summed E-state index contributed by atoms with van der Waals surface area (Å²) in [6, 6.07) is 23.6. The van der Waals surface area contributed by atoms with Gasteiger partial charge >= 0.3 is 0 Å². The number of methoxy groups -OCH3 is 2. The lowest BCUT2D eigenvalue weighted by atomic mass is 9.91. The van der Waals surface area contributed by atoms with Gasteiger partial charge in [0.15, 0.2) is 0 Å². The Labute approximate surface area is 141 Å². The largest absolute Gasteiger partial charge is 0.496 e. The molecule has 0 aliphatic heterocycles. The Morgan fingerprint density at radius 2 is 1.04 bits per heavy atom. The number of nitriles is 1. The summed E-state index contributed by atoms with van der Waals surface area (Å²) in [4.78, 5) is 0. The Kier molecular flexibility index (Phi) is 4.49. The quantitative estimate of drug-likeness (QED) is 0.687. The maximum Gasteiger partial charge on any atom is 0.126 e. The third-order valence-electron chi connectivity index (χ3n) is 3.97. The van der Waals surface area contributed by atoms with Gasteiger partial charge in [-0.3, -0.25) is 0 Å². The first kappa shape index (κ1) is 15.6. The summed E-state index contributed by atoms with van der Waals surface area (Å²) in [5, 5.41) is 9.82. The number of ether oxygens (including phenoxy) is 2. The van der Waals surface area contributed by atoms with Crippen molar-refractivity contribution < 1.29 is 9.47 Å². The van der Waals surface area contributed by atoms with Crippen LogP contribution in [0, 0.1) is 11.3 Å². The fraction of sp³-hybridized carbons (Fsp3) is 0.0952. The molecule has 0 radical (unpaired) electrons. The smallest absolute Gasteiger partial charge is 0.126 e. The molecule has 118 valence electrons. The van der Waals surface area contributed by atoms with Gasteiger partial charge in [0.2, 0.25) is 0 Å². The van der Waals surface area contributed by atoms with E-state index in [-0.39, 0.29) is 0 Å². The van der Waals surface area contributed by atoms with Crippen molar-refractivity contribution in [3.63, 3.8) is 0 Å². The predicted molar refractivity (Wildman–Crippen MR) is 95.1 cm³/mol. The van der Waals surface area contributed by atoms with Crippen LogP contribution in [-0.2, 0) is 0 Å². The molecule has 0 atom stereocenters. The van der Waals surface area contributed by atoms with Gasteiger partial charge in [-0.05, 0) is 12.1 Å². The van der Waals surface area contributed by atoms with E-state index in [1.807, 2.05) is 66.7 Å². The van der Waals surface area contributed by atoms with E-state index in [0.29, 0.717) is 5.56 Å². The van der Waals surface area contributed by atoms with Crippen molar-refractivity contribution in [2.24, 2.45) is 0 Å². The highest BCUT2D eigenvalue weighted by molar-refractivity contribution is 5.86. The monoisotopic (exact) mass is 315 g/mol. The minimum absolute atomic E-state index is 0.603. The van der Waals surface area contributed by atoms with Crippen LogP contribution < -0.4 is 9.47 Å². The SMILES string of the molecule is COc1ccccc1-c1cccc(-c2ccccc2OC)c1C#N. The van der Waals surface area contributed by atoms with Crippen LogP contribution in [0.25, 0.3) is 22.3 Å². The molecular weight excluding hydrogens is 298 g/mol. The zero-order valence-electron chi connectivity index (χ0n) is 13.6. The standard InChI is InChI=1S/C21H17NO2/c1-23-20-12-5-3-8-17(20)15-10-7-11-16(19(15)14-22)18-9-4-6-13-21(18)24-2/h3-13H,1-2H3. The van der Waals surface area contributed by atoms with Gasteiger partial charge in [-0.1, -0.05) is 54.6 Å². The lowest BCUT2D eigenvalue weighted by molar-refractivity contribution is 0.416. The minimum Gasteiger partial charge on any atom is -0.496 e. The zero-order valence-corrected chi connectivity index (χ0v) is 13.6. The predicted octanol–water partition coefficient (Wildman–Crippen LogP) is 4.91. The van der Waals surface area contributed by atoms with Crippen LogP contribution in [0.4, 0.5) is 0 Å². The van der Waals surface area contributed by atoms with Crippen molar-refractivity contribution >= 4 is 0 Å². The molecule has 3 aromatic carbocycles. The lowest BCUT2D eigenvalue weighted by Crippen LogP contribution is -1.94. The highest BCUT2D eigenvalue weighted by Gasteiger charge is 2.16. The van der Waals surface area contributed by atoms with E-state index in [0.717, 1.165) is 33.8 Å². The first-order valence-electron chi connectivity index (χ1n) is 7.60. The van der Waals surface area contributed by atoms with Crippen LogP contribution in [-0.4, -0.2) is 14.2 Å². The molecule has 0 bridgehead atoms. The van der Waals surface area contributed by atoms with Crippen molar-refractivity contribution in [1.82, 2.24) is 0 Å². The Morgan fingerprint density at radius 3 is 1.46 bits per heavy atom. The summed E-state index contributed by atoms with van der Waals surface area (Å²) in [5.41, 5.74) is 4.09. The van der Waals surface area contributed by atoms with Gasteiger partial charge in [-0.15, -0.1) is 0 Å². The van der Waals surface area contributed by atoms with Crippen LogP contribution in [0.5, 0.6) is 11.5 Å². The first-order chi connectivity index (χ1) is 11.8. The zero-order chi connectivity index (χ0) is 16.9. The average Bonchev–Trinajstić information content (AvgIpc) is 2.67. The Bertz CT molecular complexity index is 844. The van der Waals surface area contributed by atoms with Crippen LogP contribution >= 0.6 is 0 Å². The number of para-hydroxylation sites is 2. The molecule has 3 aromatic rings. The second kappa shape index (κ2) is 6.89. The van der Waals surface area contributed by atoms with E-state index in [4.69, 9.17) is 9.47 Å². The van der Waals surface area contributed by atoms with E-state index in [2.05, 4.69) is 6.07 Å². The number of hydrogen-bond acceptors (Lipinski definition) is 3. The molecular formula is C21H17NO2. The Hall–Kier alpha value is -3.25. The van der Waals surface area contributed by atoms with Gasteiger partial charge in [-0.25, -0.2) is 0 Å². The van der Waals surface area contributed by atoms with Gasteiger partial charge in [0.1, 0.15) is 17.6 Å². The van der Waals surface area contributed by atoms with Gasteiger partial charge in [-0.2, -0.15) is 5.26 Å². The number of benzene rings is 3. The van der Waals surface area contributed by atoms with Gasteiger partial charge < -0.3 is 9.47 Å². The highest BCUT2D eigenvalue weighted by Crippen LogP contribution is 2.38.